The van der Waals surface area contributed by atoms with Gasteiger partial charge in [0.05, 0.1) is 18.1 Å². The molecule has 0 aromatic carbocycles. The number of nitrogens with zero attached hydrogens (tertiary/aromatic N) is 2. The van der Waals surface area contributed by atoms with Gasteiger partial charge in [-0.1, -0.05) is 26.5 Å². The summed E-state index contributed by atoms with van der Waals surface area (Å²) in [5.74, 6) is 1.18. The Balaban J connectivity index is 2.35. The Kier molecular flexibility index (Phi) is 5.50. The molecule has 0 aliphatic carbocycles. The van der Waals surface area contributed by atoms with Gasteiger partial charge in [-0.3, -0.25) is 4.98 Å². The molecule has 88 valence electrons. The quantitative estimate of drug-likeness (QED) is 0.713. The molecule has 0 saturated carbocycles. The molecule has 0 aliphatic heterocycles. The van der Waals surface area contributed by atoms with Crippen LogP contribution in [0.5, 0.6) is 5.88 Å². The molecule has 0 bridgehead atoms. The van der Waals surface area contributed by atoms with Crippen LogP contribution < -0.4 is 10.1 Å². The van der Waals surface area contributed by atoms with E-state index < -0.39 is 0 Å². The highest BCUT2D eigenvalue weighted by Crippen LogP contribution is 2.03. The minimum Gasteiger partial charge on any atom is -0.472 e. The van der Waals surface area contributed by atoms with Crippen molar-refractivity contribution >= 4 is 0 Å². The Morgan fingerprint density at radius 1 is 1.44 bits per heavy atom. The van der Waals surface area contributed by atoms with Crippen LogP contribution in [0.25, 0.3) is 0 Å². The lowest BCUT2D eigenvalue weighted by molar-refractivity contribution is 0.346. The van der Waals surface area contributed by atoms with Crippen molar-refractivity contribution < 1.29 is 4.74 Å². The van der Waals surface area contributed by atoms with Gasteiger partial charge in [0.1, 0.15) is 6.61 Å². The van der Waals surface area contributed by atoms with Crippen molar-refractivity contribution in [3.8, 4) is 5.88 Å². The maximum atomic E-state index is 5.24. The van der Waals surface area contributed by atoms with Gasteiger partial charge in [0.25, 0.3) is 0 Å². The van der Waals surface area contributed by atoms with E-state index in [4.69, 9.17) is 4.74 Å². The van der Waals surface area contributed by atoms with Crippen molar-refractivity contribution in [1.29, 1.82) is 0 Å². The van der Waals surface area contributed by atoms with E-state index in [0.29, 0.717) is 18.4 Å². The molecule has 0 fully saturated rings. The lowest BCUT2D eigenvalue weighted by Crippen LogP contribution is -2.19. The maximum Gasteiger partial charge on any atom is 0.232 e. The van der Waals surface area contributed by atoms with Crippen molar-refractivity contribution in [2.24, 2.45) is 5.92 Å². The van der Waals surface area contributed by atoms with Crippen LogP contribution in [0.1, 0.15) is 19.5 Å². The average Bonchev–Trinajstić information content (AvgIpc) is 2.27. The van der Waals surface area contributed by atoms with Crippen LogP contribution in [0.2, 0.25) is 0 Å². The molecular formula is C12H19N3O. The molecule has 1 N–H and O–H groups in total. The number of nitrogens with one attached hydrogen (secondary N) is 1. The summed E-state index contributed by atoms with van der Waals surface area (Å²) in [4.78, 5) is 8.39. The second kappa shape index (κ2) is 6.95. The van der Waals surface area contributed by atoms with Gasteiger partial charge < -0.3 is 10.1 Å². The van der Waals surface area contributed by atoms with Gasteiger partial charge in [-0.25, -0.2) is 4.98 Å². The zero-order valence-corrected chi connectivity index (χ0v) is 9.94. The number of ether oxygens (including phenoxy) is 1. The van der Waals surface area contributed by atoms with E-state index in [9.17, 15) is 0 Å². The van der Waals surface area contributed by atoms with Crippen LogP contribution in [0.4, 0.5) is 0 Å². The van der Waals surface area contributed by atoms with Crippen LogP contribution in [-0.4, -0.2) is 23.1 Å². The van der Waals surface area contributed by atoms with E-state index in [1.165, 1.54) is 0 Å². The average molecular weight is 221 g/mol. The van der Waals surface area contributed by atoms with E-state index >= 15 is 0 Å². The molecule has 0 radical (unpaired) electrons. The molecule has 0 amide bonds. The molecule has 0 spiro atoms. The molecule has 0 aliphatic rings. The molecule has 4 heteroatoms. The van der Waals surface area contributed by atoms with Gasteiger partial charge in [-0.05, 0) is 12.5 Å². The van der Waals surface area contributed by atoms with Crippen LogP contribution in [-0.2, 0) is 6.54 Å². The molecule has 0 atom stereocenters. The minimum absolute atomic E-state index is 0.458. The highest BCUT2D eigenvalue weighted by molar-refractivity contribution is 5.07. The normalized spacial score (nSPS) is 10.4. The first-order valence-corrected chi connectivity index (χ1v) is 5.47. The summed E-state index contributed by atoms with van der Waals surface area (Å²) < 4.78 is 5.24. The van der Waals surface area contributed by atoms with Crippen molar-refractivity contribution in [2.45, 2.75) is 20.4 Å². The lowest BCUT2D eigenvalue weighted by atomic mass is 10.2. The fourth-order valence-corrected chi connectivity index (χ4v) is 1.14. The third-order valence-corrected chi connectivity index (χ3v) is 1.89. The van der Waals surface area contributed by atoms with Gasteiger partial charge in [-0.2, -0.15) is 0 Å². The van der Waals surface area contributed by atoms with Crippen LogP contribution in [0.3, 0.4) is 0 Å². The Bertz CT molecular complexity index is 309. The molecule has 1 rings (SSSR count). The monoisotopic (exact) mass is 221 g/mol. The van der Waals surface area contributed by atoms with Crippen molar-refractivity contribution in [3.05, 3.63) is 30.7 Å². The molecule has 4 nitrogen and oxygen atoms in total. The third-order valence-electron chi connectivity index (χ3n) is 1.89. The van der Waals surface area contributed by atoms with Crippen LogP contribution in [0.15, 0.2) is 25.0 Å². The second-order valence-electron chi connectivity index (χ2n) is 3.97. The van der Waals surface area contributed by atoms with Gasteiger partial charge >= 0.3 is 0 Å². The SMILES string of the molecule is C=CCOc1cnc(CNCC(C)C)cn1. The smallest absolute Gasteiger partial charge is 0.232 e. The fourth-order valence-electron chi connectivity index (χ4n) is 1.14. The van der Waals surface area contributed by atoms with Crippen LogP contribution >= 0.6 is 0 Å². The fraction of sp³-hybridized carbons (Fsp3) is 0.500. The number of rotatable bonds is 7. The molecular weight excluding hydrogens is 202 g/mol. The Hall–Kier alpha value is -1.42. The Morgan fingerprint density at radius 3 is 2.81 bits per heavy atom. The zero-order valence-electron chi connectivity index (χ0n) is 9.94. The maximum absolute atomic E-state index is 5.24. The van der Waals surface area contributed by atoms with E-state index in [1.807, 2.05) is 0 Å². The summed E-state index contributed by atoms with van der Waals surface area (Å²) >= 11 is 0. The van der Waals surface area contributed by atoms with Gasteiger partial charge in [-0.15, -0.1) is 0 Å². The summed E-state index contributed by atoms with van der Waals surface area (Å²) in [6, 6.07) is 0. The molecule has 0 saturated heterocycles. The molecule has 0 unspecified atom stereocenters. The van der Waals surface area contributed by atoms with E-state index in [1.54, 1.807) is 18.5 Å². The summed E-state index contributed by atoms with van der Waals surface area (Å²) in [7, 11) is 0. The van der Waals surface area contributed by atoms with E-state index in [-0.39, 0.29) is 0 Å². The molecule has 1 aromatic heterocycles. The first-order valence-electron chi connectivity index (χ1n) is 5.47. The zero-order chi connectivity index (χ0) is 11.8. The van der Waals surface area contributed by atoms with E-state index in [2.05, 4.69) is 35.7 Å². The summed E-state index contributed by atoms with van der Waals surface area (Å²) in [6.45, 7) is 10.1. The van der Waals surface area contributed by atoms with Gasteiger partial charge in [0, 0.05) is 6.54 Å². The number of aromatic nitrogens is 2. The molecule has 1 heterocycles. The minimum atomic E-state index is 0.458. The standard InChI is InChI=1S/C12H19N3O/c1-4-5-16-12-9-14-11(8-15-12)7-13-6-10(2)3/h4,8-10,13H,1,5-7H2,2-3H3. The number of hydrogen-bond donors (Lipinski definition) is 1. The number of hydrogen-bond acceptors (Lipinski definition) is 4. The highest BCUT2D eigenvalue weighted by atomic mass is 16.5. The van der Waals surface area contributed by atoms with Gasteiger partial charge in [0.2, 0.25) is 5.88 Å². The topological polar surface area (TPSA) is 47.0 Å². The Morgan fingerprint density at radius 2 is 2.25 bits per heavy atom. The lowest BCUT2D eigenvalue weighted by Gasteiger charge is -2.07. The third kappa shape index (κ3) is 4.89. The van der Waals surface area contributed by atoms with Crippen LogP contribution in [0, 0.1) is 5.92 Å². The summed E-state index contributed by atoms with van der Waals surface area (Å²) in [5.41, 5.74) is 0.923. The largest absolute Gasteiger partial charge is 0.472 e. The van der Waals surface area contributed by atoms with Crippen molar-refractivity contribution in [1.82, 2.24) is 15.3 Å². The Labute approximate surface area is 96.8 Å². The predicted molar refractivity (Wildman–Crippen MR) is 64.3 cm³/mol. The summed E-state index contributed by atoms with van der Waals surface area (Å²) in [6.07, 6.45) is 5.04. The van der Waals surface area contributed by atoms with Crippen molar-refractivity contribution in [2.75, 3.05) is 13.2 Å². The first kappa shape index (κ1) is 12.6. The second-order valence-corrected chi connectivity index (χ2v) is 3.97. The van der Waals surface area contributed by atoms with E-state index in [0.717, 1.165) is 18.8 Å². The molecule has 1 aromatic rings. The first-order chi connectivity index (χ1) is 7.72. The highest BCUT2D eigenvalue weighted by Gasteiger charge is 1.98. The predicted octanol–water partition coefficient (Wildman–Crippen LogP) is 1.79. The van der Waals surface area contributed by atoms with Crippen molar-refractivity contribution in [3.63, 3.8) is 0 Å². The van der Waals surface area contributed by atoms with Gasteiger partial charge in [0.15, 0.2) is 0 Å². The summed E-state index contributed by atoms with van der Waals surface area (Å²) in [5, 5.41) is 3.30. The molecule has 16 heavy (non-hydrogen) atoms.